The smallest absolute Gasteiger partial charge is 0.129 e. The minimum absolute atomic E-state index is 0.0362. The predicted octanol–water partition coefficient (Wildman–Crippen LogP) is 8.60. The predicted molar refractivity (Wildman–Crippen MR) is 130 cm³/mol. The first-order valence-corrected chi connectivity index (χ1v) is 11.3. The first kappa shape index (κ1) is 22.0. The molecule has 0 aliphatic carbocycles. The minimum Gasteiger partial charge on any atom is -0.207 e. The van der Waals surface area contributed by atoms with Gasteiger partial charge in [0, 0.05) is 5.56 Å². The maximum atomic E-state index is 14.9. The summed E-state index contributed by atoms with van der Waals surface area (Å²) in [5.41, 5.74) is 6.14. The summed E-state index contributed by atoms with van der Waals surface area (Å²) in [5.74, 6) is -0.939. The van der Waals surface area contributed by atoms with Gasteiger partial charge in [0.05, 0.1) is 0 Å². The van der Waals surface area contributed by atoms with Gasteiger partial charge in [-0.15, -0.1) is 0 Å². The molecule has 162 valence electrons. The maximum Gasteiger partial charge on any atom is 0.129 e. The SMILES string of the molecule is CCCc1ccc(-c2ccc(-c3cc(F)c(CC(C)c4ccccc4)c(F)c3)cc2)cc1. The van der Waals surface area contributed by atoms with Crippen molar-refractivity contribution in [2.75, 3.05) is 0 Å². The van der Waals surface area contributed by atoms with Crippen LogP contribution in [0.25, 0.3) is 22.3 Å². The molecule has 0 bridgehead atoms. The Hall–Kier alpha value is -3.26. The summed E-state index contributed by atoms with van der Waals surface area (Å²) in [4.78, 5) is 0. The van der Waals surface area contributed by atoms with E-state index in [0.29, 0.717) is 12.0 Å². The van der Waals surface area contributed by atoms with Crippen molar-refractivity contribution in [3.63, 3.8) is 0 Å². The van der Waals surface area contributed by atoms with Crippen LogP contribution in [0, 0.1) is 11.6 Å². The molecule has 0 N–H and O–H groups in total. The van der Waals surface area contributed by atoms with E-state index in [1.807, 2.05) is 61.5 Å². The zero-order chi connectivity index (χ0) is 22.5. The van der Waals surface area contributed by atoms with Gasteiger partial charge in [-0.25, -0.2) is 8.78 Å². The molecule has 0 spiro atoms. The topological polar surface area (TPSA) is 0 Å². The van der Waals surface area contributed by atoms with Gasteiger partial charge in [-0.05, 0) is 64.3 Å². The van der Waals surface area contributed by atoms with E-state index in [0.717, 1.165) is 35.1 Å². The number of hydrogen-bond donors (Lipinski definition) is 0. The molecule has 0 aromatic heterocycles. The van der Waals surface area contributed by atoms with Gasteiger partial charge in [0.25, 0.3) is 0 Å². The zero-order valence-electron chi connectivity index (χ0n) is 18.6. The molecule has 1 unspecified atom stereocenters. The van der Waals surface area contributed by atoms with Crippen LogP contribution < -0.4 is 0 Å². The third kappa shape index (κ3) is 4.96. The summed E-state index contributed by atoms with van der Waals surface area (Å²) in [7, 11) is 0. The van der Waals surface area contributed by atoms with Gasteiger partial charge >= 0.3 is 0 Å². The molecule has 0 radical (unpaired) electrons. The fourth-order valence-corrected chi connectivity index (χ4v) is 4.18. The Morgan fingerprint density at radius 2 is 1.16 bits per heavy atom. The van der Waals surface area contributed by atoms with Crippen LogP contribution in [0.3, 0.4) is 0 Å². The highest BCUT2D eigenvalue weighted by Gasteiger charge is 2.16. The molecule has 0 aliphatic rings. The molecule has 32 heavy (non-hydrogen) atoms. The van der Waals surface area contributed by atoms with E-state index in [4.69, 9.17) is 0 Å². The van der Waals surface area contributed by atoms with Crippen molar-refractivity contribution < 1.29 is 8.78 Å². The molecular formula is C30H28F2. The molecular weight excluding hydrogens is 398 g/mol. The average Bonchev–Trinajstić information content (AvgIpc) is 2.82. The third-order valence-electron chi connectivity index (χ3n) is 6.06. The number of benzene rings is 4. The second-order valence-electron chi connectivity index (χ2n) is 8.46. The van der Waals surface area contributed by atoms with E-state index < -0.39 is 11.6 Å². The summed E-state index contributed by atoms with van der Waals surface area (Å²) in [6, 6.07) is 29.2. The molecule has 0 amide bonds. The fourth-order valence-electron chi connectivity index (χ4n) is 4.18. The lowest BCUT2D eigenvalue weighted by atomic mass is 9.92. The van der Waals surface area contributed by atoms with Crippen molar-refractivity contribution in [2.24, 2.45) is 0 Å². The second-order valence-corrected chi connectivity index (χ2v) is 8.46. The highest BCUT2D eigenvalue weighted by molar-refractivity contribution is 5.70. The molecule has 0 saturated carbocycles. The molecule has 0 heterocycles. The highest BCUT2D eigenvalue weighted by atomic mass is 19.1. The molecule has 1 atom stereocenters. The van der Waals surface area contributed by atoms with Crippen LogP contribution in [0.5, 0.6) is 0 Å². The average molecular weight is 427 g/mol. The highest BCUT2D eigenvalue weighted by Crippen LogP contribution is 2.30. The van der Waals surface area contributed by atoms with E-state index in [9.17, 15) is 8.78 Å². The Balaban J connectivity index is 1.54. The van der Waals surface area contributed by atoms with E-state index >= 15 is 0 Å². The van der Waals surface area contributed by atoms with Gasteiger partial charge < -0.3 is 0 Å². The summed E-state index contributed by atoms with van der Waals surface area (Å²) < 4.78 is 29.8. The largest absolute Gasteiger partial charge is 0.207 e. The maximum absolute atomic E-state index is 14.9. The Bertz CT molecular complexity index is 1140. The van der Waals surface area contributed by atoms with Gasteiger partial charge in [0.15, 0.2) is 0 Å². The van der Waals surface area contributed by atoms with Crippen LogP contribution >= 0.6 is 0 Å². The number of rotatable bonds is 7. The van der Waals surface area contributed by atoms with Crippen molar-refractivity contribution in [1.29, 1.82) is 0 Å². The first-order chi connectivity index (χ1) is 15.5. The quantitative estimate of drug-likeness (QED) is 0.277. The zero-order valence-corrected chi connectivity index (χ0v) is 18.6. The first-order valence-electron chi connectivity index (χ1n) is 11.3. The van der Waals surface area contributed by atoms with Gasteiger partial charge in [0.1, 0.15) is 11.6 Å². The number of aryl methyl sites for hydroxylation is 1. The Morgan fingerprint density at radius 1 is 0.656 bits per heavy atom. The minimum atomic E-state index is -0.488. The monoisotopic (exact) mass is 426 g/mol. The lowest BCUT2D eigenvalue weighted by Gasteiger charge is -2.14. The molecule has 4 aromatic carbocycles. The normalized spacial score (nSPS) is 12.0. The summed E-state index contributed by atoms with van der Waals surface area (Å²) >= 11 is 0. The molecule has 4 rings (SSSR count). The van der Waals surface area contributed by atoms with Crippen LogP contribution in [0.15, 0.2) is 91.0 Å². The molecule has 0 fully saturated rings. The van der Waals surface area contributed by atoms with Crippen molar-refractivity contribution in [2.45, 2.75) is 39.0 Å². The second kappa shape index (κ2) is 9.91. The third-order valence-corrected chi connectivity index (χ3v) is 6.06. The van der Waals surface area contributed by atoms with Crippen molar-refractivity contribution in [3.8, 4) is 22.3 Å². The Morgan fingerprint density at radius 3 is 1.69 bits per heavy atom. The summed E-state index contributed by atoms with van der Waals surface area (Å²) in [6.07, 6.45) is 2.54. The summed E-state index contributed by atoms with van der Waals surface area (Å²) in [5, 5.41) is 0. The van der Waals surface area contributed by atoms with Gasteiger partial charge in [-0.1, -0.05) is 99.1 Å². The van der Waals surface area contributed by atoms with E-state index in [-0.39, 0.29) is 11.5 Å². The van der Waals surface area contributed by atoms with Crippen molar-refractivity contribution >= 4 is 0 Å². The van der Waals surface area contributed by atoms with Gasteiger partial charge in [0.2, 0.25) is 0 Å². The number of halogens is 2. The van der Waals surface area contributed by atoms with E-state index in [1.54, 1.807) is 0 Å². The van der Waals surface area contributed by atoms with Gasteiger partial charge in [-0.2, -0.15) is 0 Å². The molecule has 4 aromatic rings. The lowest BCUT2D eigenvalue weighted by molar-refractivity contribution is 0.544. The van der Waals surface area contributed by atoms with Crippen LogP contribution in [0.4, 0.5) is 8.78 Å². The van der Waals surface area contributed by atoms with E-state index in [2.05, 4.69) is 31.2 Å². The lowest BCUT2D eigenvalue weighted by Crippen LogP contribution is -2.04. The van der Waals surface area contributed by atoms with Crippen LogP contribution in [0.2, 0.25) is 0 Å². The van der Waals surface area contributed by atoms with Crippen LogP contribution in [-0.4, -0.2) is 0 Å². The van der Waals surface area contributed by atoms with Gasteiger partial charge in [-0.3, -0.25) is 0 Å². The summed E-state index contributed by atoms with van der Waals surface area (Å²) in [6.45, 7) is 4.17. The molecule has 0 saturated heterocycles. The van der Waals surface area contributed by atoms with Crippen molar-refractivity contribution in [1.82, 2.24) is 0 Å². The standard InChI is InChI=1S/C30H28F2/c1-3-7-22-10-12-24(13-11-22)25-14-16-26(17-15-25)27-19-29(31)28(30(32)20-27)18-21(2)23-8-5-4-6-9-23/h4-6,8-17,19-21H,3,7,18H2,1-2H3. The molecule has 2 heteroatoms. The molecule has 0 nitrogen and oxygen atoms in total. The number of hydrogen-bond acceptors (Lipinski definition) is 0. The van der Waals surface area contributed by atoms with Crippen LogP contribution in [-0.2, 0) is 12.8 Å². The molecule has 0 aliphatic heterocycles. The van der Waals surface area contributed by atoms with Crippen LogP contribution in [0.1, 0.15) is 42.9 Å². The fraction of sp³-hybridized carbons (Fsp3) is 0.200. The van der Waals surface area contributed by atoms with E-state index in [1.165, 1.54) is 17.7 Å². The Labute approximate surface area is 189 Å². The Kier molecular flexibility index (Phi) is 6.80. The van der Waals surface area contributed by atoms with Crippen molar-refractivity contribution in [3.05, 3.63) is 119 Å².